The number of amides is 2. The summed E-state index contributed by atoms with van der Waals surface area (Å²) in [6, 6.07) is 3.48. The molecule has 6 nitrogen and oxygen atoms in total. The molecule has 0 aliphatic carbocycles. The van der Waals surface area contributed by atoms with E-state index >= 15 is 0 Å². The van der Waals surface area contributed by atoms with E-state index in [0.29, 0.717) is 19.5 Å². The van der Waals surface area contributed by atoms with Crippen LogP contribution in [-0.2, 0) is 11.3 Å². The molecular formula is C13H19N3O3. The van der Waals surface area contributed by atoms with Gasteiger partial charge in [0.15, 0.2) is 0 Å². The summed E-state index contributed by atoms with van der Waals surface area (Å²) in [5, 5.41) is 13.9. The van der Waals surface area contributed by atoms with E-state index in [4.69, 9.17) is 5.11 Å². The maximum atomic E-state index is 11.4. The number of aliphatic carboxylic acids is 1. The molecule has 0 aliphatic heterocycles. The lowest BCUT2D eigenvalue weighted by molar-refractivity contribution is -0.137. The van der Waals surface area contributed by atoms with Crippen LogP contribution in [0.3, 0.4) is 0 Å². The van der Waals surface area contributed by atoms with Crippen molar-refractivity contribution in [2.75, 3.05) is 6.54 Å². The van der Waals surface area contributed by atoms with Crippen LogP contribution in [0.4, 0.5) is 4.79 Å². The van der Waals surface area contributed by atoms with Gasteiger partial charge in [0.1, 0.15) is 0 Å². The van der Waals surface area contributed by atoms with Gasteiger partial charge in [0.2, 0.25) is 0 Å². The molecule has 2 amide bonds. The van der Waals surface area contributed by atoms with Crippen molar-refractivity contribution < 1.29 is 14.7 Å². The molecule has 0 unspecified atom stereocenters. The van der Waals surface area contributed by atoms with Gasteiger partial charge in [-0.05, 0) is 24.5 Å². The first-order valence-corrected chi connectivity index (χ1v) is 6.31. The number of carbonyl (C=O) groups is 2. The van der Waals surface area contributed by atoms with E-state index in [2.05, 4.69) is 15.6 Å². The summed E-state index contributed by atoms with van der Waals surface area (Å²) in [5.41, 5.74) is 0.944. The van der Waals surface area contributed by atoms with E-state index in [1.54, 1.807) is 12.4 Å². The summed E-state index contributed by atoms with van der Waals surface area (Å²) in [6.45, 7) is 0.997. The number of carboxylic acids is 1. The summed E-state index contributed by atoms with van der Waals surface area (Å²) in [5.74, 6) is -0.776. The number of carboxylic acid groups (broad SMARTS) is 1. The molecule has 104 valence electrons. The third-order valence-electron chi connectivity index (χ3n) is 2.53. The third kappa shape index (κ3) is 7.75. The third-order valence-corrected chi connectivity index (χ3v) is 2.53. The second-order valence-electron chi connectivity index (χ2n) is 4.18. The van der Waals surface area contributed by atoms with Gasteiger partial charge in [0.05, 0.1) is 0 Å². The zero-order valence-electron chi connectivity index (χ0n) is 10.8. The minimum Gasteiger partial charge on any atom is -0.481 e. The quantitative estimate of drug-likeness (QED) is 0.621. The summed E-state index contributed by atoms with van der Waals surface area (Å²) >= 11 is 0. The Bertz CT molecular complexity index is 395. The molecule has 0 fully saturated rings. The SMILES string of the molecule is O=C(O)CCCCCNC(=O)NCc1cccnc1. The molecule has 0 radical (unpaired) electrons. The number of hydrogen-bond donors (Lipinski definition) is 3. The highest BCUT2D eigenvalue weighted by molar-refractivity contribution is 5.73. The Morgan fingerprint density at radius 3 is 2.74 bits per heavy atom. The Hall–Kier alpha value is -2.11. The normalized spacial score (nSPS) is 9.89. The number of nitrogens with one attached hydrogen (secondary N) is 2. The lowest BCUT2D eigenvalue weighted by atomic mass is 10.2. The Labute approximate surface area is 112 Å². The molecule has 0 aromatic carbocycles. The Morgan fingerprint density at radius 2 is 2.05 bits per heavy atom. The monoisotopic (exact) mass is 265 g/mol. The van der Waals surface area contributed by atoms with E-state index in [0.717, 1.165) is 18.4 Å². The van der Waals surface area contributed by atoms with Gasteiger partial charge in [-0.3, -0.25) is 9.78 Å². The van der Waals surface area contributed by atoms with E-state index in [-0.39, 0.29) is 12.5 Å². The van der Waals surface area contributed by atoms with Crippen molar-refractivity contribution >= 4 is 12.0 Å². The molecule has 1 aromatic rings. The van der Waals surface area contributed by atoms with Gasteiger partial charge in [-0.1, -0.05) is 12.5 Å². The molecular weight excluding hydrogens is 246 g/mol. The van der Waals surface area contributed by atoms with Crippen molar-refractivity contribution in [1.29, 1.82) is 0 Å². The van der Waals surface area contributed by atoms with Crippen LogP contribution >= 0.6 is 0 Å². The van der Waals surface area contributed by atoms with Crippen molar-refractivity contribution in [3.8, 4) is 0 Å². The lowest BCUT2D eigenvalue weighted by Gasteiger charge is -2.07. The van der Waals surface area contributed by atoms with Crippen LogP contribution in [0.15, 0.2) is 24.5 Å². The summed E-state index contributed by atoms with van der Waals surface area (Å²) in [6.07, 6.45) is 5.80. The molecule has 1 heterocycles. The van der Waals surface area contributed by atoms with Gasteiger partial charge in [-0.25, -0.2) is 4.79 Å². The maximum Gasteiger partial charge on any atom is 0.315 e. The zero-order chi connectivity index (χ0) is 13.9. The van der Waals surface area contributed by atoms with Crippen molar-refractivity contribution in [3.63, 3.8) is 0 Å². The number of aromatic nitrogens is 1. The van der Waals surface area contributed by atoms with Gasteiger partial charge in [0, 0.05) is 31.9 Å². The van der Waals surface area contributed by atoms with Crippen LogP contribution in [-0.4, -0.2) is 28.6 Å². The minimum atomic E-state index is -0.776. The van der Waals surface area contributed by atoms with E-state index in [1.807, 2.05) is 12.1 Å². The number of nitrogens with zero attached hydrogens (tertiary/aromatic N) is 1. The average molecular weight is 265 g/mol. The molecule has 0 saturated carbocycles. The molecule has 1 rings (SSSR count). The highest BCUT2D eigenvalue weighted by Gasteiger charge is 2.00. The smallest absolute Gasteiger partial charge is 0.315 e. The first-order chi connectivity index (χ1) is 9.18. The van der Waals surface area contributed by atoms with Crippen LogP contribution in [0.5, 0.6) is 0 Å². The topological polar surface area (TPSA) is 91.3 Å². The number of unbranched alkanes of at least 4 members (excludes halogenated alkanes) is 2. The van der Waals surface area contributed by atoms with Crippen LogP contribution in [0.2, 0.25) is 0 Å². The molecule has 0 atom stereocenters. The van der Waals surface area contributed by atoms with Crippen LogP contribution in [0.25, 0.3) is 0 Å². The summed E-state index contributed by atoms with van der Waals surface area (Å²) in [4.78, 5) is 25.6. The van der Waals surface area contributed by atoms with Crippen LogP contribution < -0.4 is 10.6 Å². The van der Waals surface area contributed by atoms with E-state index < -0.39 is 5.97 Å². The first kappa shape index (κ1) is 14.9. The molecule has 0 bridgehead atoms. The Kier molecular flexibility index (Phi) is 7.01. The second kappa shape index (κ2) is 8.91. The minimum absolute atomic E-state index is 0.188. The number of rotatable bonds is 8. The van der Waals surface area contributed by atoms with E-state index in [9.17, 15) is 9.59 Å². The second-order valence-corrected chi connectivity index (χ2v) is 4.18. The lowest BCUT2D eigenvalue weighted by Crippen LogP contribution is -2.35. The first-order valence-electron chi connectivity index (χ1n) is 6.31. The predicted octanol–water partition coefficient (Wildman–Crippen LogP) is 1.53. The van der Waals surface area contributed by atoms with Crippen molar-refractivity contribution in [3.05, 3.63) is 30.1 Å². The summed E-state index contributed by atoms with van der Waals surface area (Å²) in [7, 11) is 0. The average Bonchev–Trinajstić information content (AvgIpc) is 2.41. The molecule has 0 aliphatic rings. The van der Waals surface area contributed by atoms with Gasteiger partial charge in [-0.15, -0.1) is 0 Å². The highest BCUT2D eigenvalue weighted by Crippen LogP contribution is 1.98. The predicted molar refractivity (Wildman–Crippen MR) is 70.6 cm³/mol. The highest BCUT2D eigenvalue weighted by atomic mass is 16.4. The fraction of sp³-hybridized carbons (Fsp3) is 0.462. The van der Waals surface area contributed by atoms with Crippen molar-refractivity contribution in [2.45, 2.75) is 32.2 Å². The van der Waals surface area contributed by atoms with Crippen LogP contribution in [0.1, 0.15) is 31.2 Å². The molecule has 6 heteroatoms. The number of carbonyl (C=O) groups excluding carboxylic acids is 1. The molecule has 19 heavy (non-hydrogen) atoms. The Balaban J connectivity index is 2.01. The fourth-order valence-electron chi connectivity index (χ4n) is 1.53. The molecule has 0 saturated heterocycles. The number of hydrogen-bond acceptors (Lipinski definition) is 3. The maximum absolute atomic E-state index is 11.4. The van der Waals surface area contributed by atoms with Crippen molar-refractivity contribution in [1.82, 2.24) is 15.6 Å². The molecule has 0 spiro atoms. The number of urea groups is 1. The van der Waals surface area contributed by atoms with Gasteiger partial charge < -0.3 is 15.7 Å². The molecule has 3 N–H and O–H groups in total. The Morgan fingerprint density at radius 1 is 1.21 bits per heavy atom. The van der Waals surface area contributed by atoms with E-state index in [1.165, 1.54) is 0 Å². The number of pyridine rings is 1. The summed E-state index contributed by atoms with van der Waals surface area (Å²) < 4.78 is 0. The van der Waals surface area contributed by atoms with Gasteiger partial charge >= 0.3 is 12.0 Å². The standard InChI is InChI=1S/C13H19N3O3/c17-12(18)6-2-1-3-8-15-13(19)16-10-11-5-4-7-14-9-11/h4-5,7,9H,1-3,6,8,10H2,(H,17,18)(H2,15,16,19). The van der Waals surface area contributed by atoms with Gasteiger partial charge in [-0.2, -0.15) is 0 Å². The largest absolute Gasteiger partial charge is 0.481 e. The fourth-order valence-corrected chi connectivity index (χ4v) is 1.53. The molecule has 1 aromatic heterocycles. The van der Waals surface area contributed by atoms with Crippen LogP contribution in [0, 0.1) is 0 Å². The van der Waals surface area contributed by atoms with Crippen molar-refractivity contribution in [2.24, 2.45) is 0 Å². The zero-order valence-corrected chi connectivity index (χ0v) is 10.8. The van der Waals surface area contributed by atoms with Gasteiger partial charge in [0.25, 0.3) is 0 Å².